The molecular weight excluding hydrogens is 269 g/mol. The van der Waals surface area contributed by atoms with Crippen LogP contribution in [0.15, 0.2) is 36.7 Å². The van der Waals surface area contributed by atoms with E-state index in [1.807, 2.05) is 6.92 Å². The van der Waals surface area contributed by atoms with Crippen LogP contribution in [0.5, 0.6) is 0 Å². The summed E-state index contributed by atoms with van der Waals surface area (Å²) in [5.41, 5.74) is 0.510. The highest BCUT2D eigenvalue weighted by Gasteiger charge is 2.30. The molecular formula is C14H15F3N2O. The Morgan fingerprint density at radius 3 is 2.75 bits per heavy atom. The fraction of sp³-hybridized carbons (Fsp3) is 0.357. The molecule has 0 radical (unpaired) electrons. The largest absolute Gasteiger partial charge is 0.416 e. The van der Waals surface area contributed by atoms with Gasteiger partial charge in [0.05, 0.1) is 24.4 Å². The van der Waals surface area contributed by atoms with Crippen LogP contribution in [0, 0.1) is 0 Å². The second-order valence-corrected chi connectivity index (χ2v) is 4.59. The van der Waals surface area contributed by atoms with E-state index < -0.39 is 17.8 Å². The van der Waals surface area contributed by atoms with Crippen molar-refractivity contribution in [3.8, 4) is 0 Å². The van der Waals surface area contributed by atoms with Gasteiger partial charge in [0.1, 0.15) is 0 Å². The van der Waals surface area contributed by atoms with E-state index in [1.165, 1.54) is 16.9 Å². The molecule has 0 aliphatic heterocycles. The second-order valence-electron chi connectivity index (χ2n) is 4.59. The third-order valence-corrected chi connectivity index (χ3v) is 3.02. The first-order valence-electron chi connectivity index (χ1n) is 6.26. The Labute approximate surface area is 114 Å². The van der Waals surface area contributed by atoms with Gasteiger partial charge >= 0.3 is 6.18 Å². The van der Waals surface area contributed by atoms with Crippen LogP contribution in [0.4, 0.5) is 13.2 Å². The molecule has 0 saturated carbocycles. The molecule has 0 aliphatic rings. The molecule has 0 amide bonds. The predicted molar refractivity (Wildman–Crippen MR) is 68.0 cm³/mol. The molecule has 1 unspecified atom stereocenters. The number of rotatable bonds is 4. The summed E-state index contributed by atoms with van der Waals surface area (Å²) in [5, 5.41) is 13.7. The quantitative estimate of drug-likeness (QED) is 0.934. The van der Waals surface area contributed by atoms with Crippen molar-refractivity contribution < 1.29 is 18.3 Å². The van der Waals surface area contributed by atoms with E-state index in [4.69, 9.17) is 0 Å². The van der Waals surface area contributed by atoms with Crippen molar-refractivity contribution in [2.75, 3.05) is 0 Å². The Hall–Kier alpha value is -1.82. The van der Waals surface area contributed by atoms with E-state index in [2.05, 4.69) is 5.10 Å². The van der Waals surface area contributed by atoms with E-state index in [9.17, 15) is 18.3 Å². The lowest BCUT2D eigenvalue weighted by Crippen LogP contribution is -2.07. The zero-order valence-electron chi connectivity index (χ0n) is 10.9. The molecule has 0 bridgehead atoms. The minimum atomic E-state index is -4.34. The minimum absolute atomic E-state index is 0.236. The van der Waals surface area contributed by atoms with E-state index in [1.54, 1.807) is 12.3 Å². The Morgan fingerprint density at radius 1 is 1.35 bits per heavy atom. The van der Waals surface area contributed by atoms with Crippen LogP contribution in [0.3, 0.4) is 0 Å². The van der Waals surface area contributed by atoms with Crippen molar-refractivity contribution in [3.05, 3.63) is 53.3 Å². The highest BCUT2D eigenvalue weighted by Crippen LogP contribution is 2.29. The smallest absolute Gasteiger partial charge is 0.388 e. The maximum atomic E-state index is 12.6. The fourth-order valence-corrected chi connectivity index (χ4v) is 1.91. The van der Waals surface area contributed by atoms with Crippen molar-refractivity contribution in [2.24, 2.45) is 0 Å². The van der Waals surface area contributed by atoms with Gasteiger partial charge in [0.2, 0.25) is 0 Å². The minimum Gasteiger partial charge on any atom is -0.388 e. The SMILES string of the molecule is CCC(O)c1cnn(Cc2cccc(C(F)(F)F)c2)c1. The predicted octanol–water partition coefficient (Wildman–Crippen LogP) is 3.39. The number of hydrogen-bond acceptors (Lipinski definition) is 2. The van der Waals surface area contributed by atoms with Crippen LogP contribution in [0.1, 0.15) is 36.1 Å². The first-order valence-corrected chi connectivity index (χ1v) is 6.26. The van der Waals surface area contributed by atoms with Gasteiger partial charge in [-0.1, -0.05) is 19.1 Å². The topological polar surface area (TPSA) is 38.1 Å². The first-order chi connectivity index (χ1) is 9.40. The molecule has 1 heterocycles. The highest BCUT2D eigenvalue weighted by atomic mass is 19.4. The maximum absolute atomic E-state index is 12.6. The van der Waals surface area contributed by atoms with E-state index >= 15 is 0 Å². The van der Waals surface area contributed by atoms with Gasteiger partial charge in [0.25, 0.3) is 0 Å². The molecule has 20 heavy (non-hydrogen) atoms. The Kier molecular flexibility index (Phi) is 4.13. The van der Waals surface area contributed by atoms with Crippen LogP contribution in [0.25, 0.3) is 0 Å². The molecule has 2 aromatic rings. The van der Waals surface area contributed by atoms with Crippen molar-refractivity contribution in [1.29, 1.82) is 0 Å². The van der Waals surface area contributed by atoms with Crippen molar-refractivity contribution in [2.45, 2.75) is 32.2 Å². The number of aromatic nitrogens is 2. The third kappa shape index (κ3) is 3.39. The van der Waals surface area contributed by atoms with Gasteiger partial charge in [0, 0.05) is 11.8 Å². The summed E-state index contributed by atoms with van der Waals surface area (Å²) in [5.74, 6) is 0. The van der Waals surface area contributed by atoms with E-state index in [0.717, 1.165) is 12.1 Å². The molecule has 6 heteroatoms. The van der Waals surface area contributed by atoms with Gasteiger partial charge < -0.3 is 5.11 Å². The molecule has 0 aliphatic carbocycles. The summed E-state index contributed by atoms with van der Waals surface area (Å²) in [4.78, 5) is 0. The lowest BCUT2D eigenvalue weighted by atomic mass is 10.1. The molecule has 0 fully saturated rings. The summed E-state index contributed by atoms with van der Waals surface area (Å²) >= 11 is 0. The van der Waals surface area contributed by atoms with Crippen LogP contribution >= 0.6 is 0 Å². The zero-order valence-corrected chi connectivity index (χ0v) is 10.9. The number of nitrogens with zero attached hydrogens (tertiary/aromatic N) is 2. The average Bonchev–Trinajstić information content (AvgIpc) is 2.85. The maximum Gasteiger partial charge on any atom is 0.416 e. The number of aliphatic hydroxyl groups is 1. The van der Waals surface area contributed by atoms with Crippen LogP contribution in [-0.4, -0.2) is 14.9 Å². The van der Waals surface area contributed by atoms with Gasteiger partial charge in [-0.2, -0.15) is 18.3 Å². The summed E-state index contributed by atoms with van der Waals surface area (Å²) in [6.45, 7) is 2.08. The monoisotopic (exact) mass is 284 g/mol. The van der Waals surface area contributed by atoms with Gasteiger partial charge in [-0.05, 0) is 24.1 Å². The van der Waals surface area contributed by atoms with Gasteiger partial charge in [-0.3, -0.25) is 4.68 Å². The molecule has 1 N–H and O–H groups in total. The third-order valence-electron chi connectivity index (χ3n) is 3.02. The van der Waals surface area contributed by atoms with Crippen molar-refractivity contribution in [3.63, 3.8) is 0 Å². The lowest BCUT2D eigenvalue weighted by molar-refractivity contribution is -0.137. The molecule has 3 nitrogen and oxygen atoms in total. The standard InChI is InChI=1S/C14H15F3N2O/c1-2-13(20)11-7-18-19(9-11)8-10-4-3-5-12(6-10)14(15,16)17/h3-7,9,13,20H,2,8H2,1H3. The van der Waals surface area contributed by atoms with Crippen molar-refractivity contribution in [1.82, 2.24) is 9.78 Å². The van der Waals surface area contributed by atoms with Crippen molar-refractivity contribution >= 4 is 0 Å². The summed E-state index contributed by atoms with van der Waals surface area (Å²) in [7, 11) is 0. The molecule has 108 valence electrons. The Bertz CT molecular complexity index is 578. The number of hydrogen-bond donors (Lipinski definition) is 1. The van der Waals surface area contributed by atoms with Crippen LogP contribution < -0.4 is 0 Å². The Morgan fingerprint density at radius 2 is 2.10 bits per heavy atom. The molecule has 2 rings (SSSR count). The average molecular weight is 284 g/mol. The van der Waals surface area contributed by atoms with Crippen LogP contribution in [0.2, 0.25) is 0 Å². The molecule has 0 spiro atoms. The molecule has 0 saturated heterocycles. The van der Waals surface area contributed by atoms with Crippen LogP contribution in [-0.2, 0) is 12.7 Å². The normalized spacial score (nSPS) is 13.4. The zero-order chi connectivity index (χ0) is 14.8. The number of alkyl halides is 3. The number of benzene rings is 1. The lowest BCUT2D eigenvalue weighted by Gasteiger charge is -2.09. The first kappa shape index (κ1) is 14.6. The number of halogens is 3. The van der Waals surface area contributed by atoms with E-state index in [0.29, 0.717) is 17.5 Å². The van der Waals surface area contributed by atoms with Gasteiger partial charge in [-0.25, -0.2) is 0 Å². The fourth-order valence-electron chi connectivity index (χ4n) is 1.91. The molecule has 1 atom stereocenters. The highest BCUT2D eigenvalue weighted by molar-refractivity contribution is 5.26. The molecule has 1 aromatic heterocycles. The summed E-state index contributed by atoms with van der Waals surface area (Å²) < 4.78 is 39.3. The van der Waals surface area contributed by atoms with Gasteiger partial charge in [0.15, 0.2) is 0 Å². The summed E-state index contributed by atoms with van der Waals surface area (Å²) in [6, 6.07) is 5.15. The van der Waals surface area contributed by atoms with Gasteiger partial charge in [-0.15, -0.1) is 0 Å². The second kappa shape index (κ2) is 5.66. The number of aliphatic hydroxyl groups excluding tert-OH is 1. The molecule has 1 aromatic carbocycles. The Balaban J connectivity index is 2.16. The van der Waals surface area contributed by atoms with E-state index in [-0.39, 0.29) is 6.54 Å². The summed E-state index contributed by atoms with van der Waals surface area (Å²) in [6.07, 6.45) is -1.19.